The van der Waals surface area contributed by atoms with Crippen molar-refractivity contribution in [2.24, 2.45) is 0 Å². The van der Waals surface area contributed by atoms with Gasteiger partial charge in [-0.3, -0.25) is 0 Å². The molecule has 2 aliphatic heterocycles. The first-order chi connectivity index (χ1) is 16.1. The number of anilines is 1. The number of aromatic nitrogens is 2. The number of aromatic hydroxyl groups is 1. The maximum Gasteiger partial charge on any atom is 0.151 e. The van der Waals surface area contributed by atoms with Crippen LogP contribution >= 0.6 is 0 Å². The van der Waals surface area contributed by atoms with E-state index in [0.717, 1.165) is 48.6 Å². The van der Waals surface area contributed by atoms with Crippen molar-refractivity contribution in [3.63, 3.8) is 0 Å². The van der Waals surface area contributed by atoms with Crippen molar-refractivity contribution in [2.75, 3.05) is 31.6 Å². The van der Waals surface area contributed by atoms with Crippen LogP contribution in [-0.2, 0) is 0 Å². The van der Waals surface area contributed by atoms with Crippen LogP contribution in [0, 0.1) is 5.41 Å². The van der Waals surface area contributed by atoms with E-state index in [-0.39, 0.29) is 16.8 Å². The smallest absolute Gasteiger partial charge is 0.151 e. The molecule has 0 saturated carbocycles. The zero-order chi connectivity index (χ0) is 24.5. The Bertz CT molecular complexity index is 1050. The first-order valence-corrected chi connectivity index (χ1v) is 12.0. The standard InChI is InChI=1S/C26H37N7O/c1-25(2)13-18(14-26(3,4)32-25)33(5)24-9-7-21(30-31-24)19-12-17(6-8-23(19)34)20(15-27)22-16-28-10-11-29-22/h6-9,12,15,18,27-29,32,34H,10-11,13-14,16H2,1-5H3/b22-20+,27-15?. The summed E-state index contributed by atoms with van der Waals surface area (Å²) in [5, 5.41) is 37.9. The van der Waals surface area contributed by atoms with Gasteiger partial charge < -0.3 is 31.4 Å². The van der Waals surface area contributed by atoms with Gasteiger partial charge in [-0.2, -0.15) is 0 Å². The van der Waals surface area contributed by atoms with Crippen LogP contribution in [0.3, 0.4) is 0 Å². The van der Waals surface area contributed by atoms with E-state index >= 15 is 0 Å². The molecular weight excluding hydrogens is 426 g/mol. The van der Waals surface area contributed by atoms with Gasteiger partial charge in [-0.15, -0.1) is 10.2 Å². The second-order valence-electron chi connectivity index (χ2n) is 10.7. The van der Waals surface area contributed by atoms with Crippen molar-refractivity contribution in [1.82, 2.24) is 26.1 Å². The van der Waals surface area contributed by atoms with Gasteiger partial charge in [0.15, 0.2) is 5.82 Å². The lowest BCUT2D eigenvalue weighted by Crippen LogP contribution is -2.62. The number of piperazine rings is 1. The van der Waals surface area contributed by atoms with E-state index < -0.39 is 0 Å². The molecule has 0 radical (unpaired) electrons. The van der Waals surface area contributed by atoms with Gasteiger partial charge in [0.05, 0.1) is 5.69 Å². The number of hydrogen-bond acceptors (Lipinski definition) is 8. The fraction of sp³-hybridized carbons (Fsp3) is 0.500. The lowest BCUT2D eigenvalue weighted by molar-refractivity contribution is 0.160. The highest BCUT2D eigenvalue weighted by atomic mass is 16.3. The van der Waals surface area contributed by atoms with Crippen molar-refractivity contribution in [3.05, 3.63) is 41.6 Å². The number of nitrogens with one attached hydrogen (secondary N) is 4. The third-order valence-corrected chi connectivity index (χ3v) is 6.72. The summed E-state index contributed by atoms with van der Waals surface area (Å²) < 4.78 is 0. The Kier molecular flexibility index (Phi) is 6.64. The fourth-order valence-corrected chi connectivity index (χ4v) is 5.41. The zero-order valence-corrected chi connectivity index (χ0v) is 20.9. The van der Waals surface area contributed by atoms with Crippen LogP contribution in [0.2, 0.25) is 0 Å². The van der Waals surface area contributed by atoms with E-state index in [0.29, 0.717) is 23.8 Å². The quantitative estimate of drug-likeness (QED) is 0.434. The maximum atomic E-state index is 10.6. The lowest BCUT2D eigenvalue weighted by atomic mass is 9.79. The van der Waals surface area contributed by atoms with Gasteiger partial charge >= 0.3 is 0 Å². The zero-order valence-electron chi connectivity index (χ0n) is 20.9. The van der Waals surface area contributed by atoms with E-state index in [1.165, 1.54) is 6.21 Å². The lowest BCUT2D eigenvalue weighted by Gasteiger charge is -2.49. The van der Waals surface area contributed by atoms with E-state index in [9.17, 15) is 5.11 Å². The number of phenolic OH excluding ortho intramolecular Hbond substituents is 1. The Labute approximate surface area is 202 Å². The summed E-state index contributed by atoms with van der Waals surface area (Å²) >= 11 is 0. The van der Waals surface area contributed by atoms with Gasteiger partial charge in [-0.1, -0.05) is 6.07 Å². The Morgan fingerprint density at radius 3 is 2.41 bits per heavy atom. The van der Waals surface area contributed by atoms with Crippen LogP contribution in [0.5, 0.6) is 5.75 Å². The average Bonchev–Trinajstić information content (AvgIpc) is 2.79. The highest BCUT2D eigenvalue weighted by molar-refractivity contribution is 6.10. The first-order valence-electron chi connectivity index (χ1n) is 12.0. The molecule has 5 N–H and O–H groups in total. The molecule has 1 aromatic heterocycles. The highest BCUT2D eigenvalue weighted by Gasteiger charge is 2.39. The van der Waals surface area contributed by atoms with Gasteiger partial charge in [0.25, 0.3) is 0 Å². The molecule has 182 valence electrons. The predicted octanol–water partition coefficient (Wildman–Crippen LogP) is 3.15. The van der Waals surface area contributed by atoms with Crippen molar-refractivity contribution in [1.29, 1.82) is 5.41 Å². The molecule has 0 atom stereocenters. The van der Waals surface area contributed by atoms with Gasteiger partial charge in [-0.25, -0.2) is 0 Å². The molecule has 2 saturated heterocycles. The van der Waals surface area contributed by atoms with Gasteiger partial charge in [0.2, 0.25) is 0 Å². The second-order valence-corrected chi connectivity index (χ2v) is 10.7. The molecule has 8 heteroatoms. The predicted molar refractivity (Wildman–Crippen MR) is 138 cm³/mol. The molecule has 4 rings (SSSR count). The van der Waals surface area contributed by atoms with Crippen molar-refractivity contribution in [3.8, 4) is 17.0 Å². The third kappa shape index (κ3) is 5.23. The summed E-state index contributed by atoms with van der Waals surface area (Å²) in [6.07, 6.45) is 3.39. The molecule has 34 heavy (non-hydrogen) atoms. The first kappa shape index (κ1) is 24.2. The number of benzene rings is 1. The summed E-state index contributed by atoms with van der Waals surface area (Å²) in [7, 11) is 2.08. The third-order valence-electron chi connectivity index (χ3n) is 6.72. The summed E-state index contributed by atoms with van der Waals surface area (Å²) in [6.45, 7) is 11.4. The summed E-state index contributed by atoms with van der Waals surface area (Å²) in [4.78, 5) is 2.22. The SMILES string of the molecule is CN(c1ccc(-c2cc(/C(C=N)=C3\CNCCN3)ccc2O)nn1)C1CC(C)(C)NC(C)(C)C1. The summed E-state index contributed by atoms with van der Waals surface area (Å²) in [6, 6.07) is 9.60. The van der Waals surface area contributed by atoms with Crippen molar-refractivity contribution in [2.45, 2.75) is 57.7 Å². The number of piperidine rings is 1. The minimum absolute atomic E-state index is 0.0457. The molecule has 2 aromatic rings. The molecule has 0 unspecified atom stereocenters. The minimum atomic E-state index is 0.0457. The molecule has 2 fully saturated rings. The van der Waals surface area contributed by atoms with E-state index in [1.54, 1.807) is 6.07 Å². The second kappa shape index (κ2) is 9.35. The van der Waals surface area contributed by atoms with Crippen LogP contribution in [0.1, 0.15) is 46.1 Å². The van der Waals surface area contributed by atoms with E-state index in [1.807, 2.05) is 24.3 Å². The number of nitrogens with zero attached hydrogens (tertiary/aromatic N) is 3. The Hall–Kier alpha value is -2.97. The number of rotatable bonds is 5. The van der Waals surface area contributed by atoms with Crippen molar-refractivity contribution < 1.29 is 5.11 Å². The Morgan fingerprint density at radius 2 is 1.82 bits per heavy atom. The molecule has 2 aliphatic rings. The van der Waals surface area contributed by atoms with Gasteiger partial charge in [-0.05, 0) is 70.4 Å². The Balaban J connectivity index is 1.59. The van der Waals surface area contributed by atoms with E-state index in [2.05, 4.69) is 65.8 Å². The topological polar surface area (TPSA) is 109 Å². The van der Waals surface area contributed by atoms with Crippen LogP contribution in [0.15, 0.2) is 36.0 Å². The molecular formula is C26H37N7O. The molecule has 0 aliphatic carbocycles. The monoisotopic (exact) mass is 463 g/mol. The van der Waals surface area contributed by atoms with Crippen molar-refractivity contribution >= 4 is 17.6 Å². The molecule has 0 amide bonds. The molecule has 0 spiro atoms. The normalized spacial score (nSPS) is 21.4. The van der Waals surface area contributed by atoms with Gasteiger partial charge in [0.1, 0.15) is 5.75 Å². The largest absolute Gasteiger partial charge is 0.507 e. The number of phenols is 1. The number of allylic oxidation sites excluding steroid dienone is 1. The van der Waals surface area contributed by atoms with Crippen LogP contribution in [-0.4, -0.2) is 65.3 Å². The maximum absolute atomic E-state index is 10.6. The summed E-state index contributed by atoms with van der Waals surface area (Å²) in [5.41, 5.74) is 3.94. The minimum Gasteiger partial charge on any atom is -0.507 e. The summed E-state index contributed by atoms with van der Waals surface area (Å²) in [5.74, 6) is 0.961. The van der Waals surface area contributed by atoms with Crippen LogP contribution in [0.25, 0.3) is 16.8 Å². The number of hydrogen-bond donors (Lipinski definition) is 5. The van der Waals surface area contributed by atoms with Crippen LogP contribution < -0.4 is 20.9 Å². The molecule has 0 bridgehead atoms. The average molecular weight is 464 g/mol. The highest BCUT2D eigenvalue weighted by Crippen LogP contribution is 2.34. The Morgan fingerprint density at radius 1 is 1.09 bits per heavy atom. The fourth-order valence-electron chi connectivity index (χ4n) is 5.41. The molecule has 8 nitrogen and oxygen atoms in total. The van der Waals surface area contributed by atoms with Gasteiger partial charge in [0, 0.05) is 66.8 Å². The molecule has 1 aromatic carbocycles. The van der Waals surface area contributed by atoms with E-state index in [4.69, 9.17) is 5.41 Å². The van der Waals surface area contributed by atoms with Crippen LogP contribution in [0.4, 0.5) is 5.82 Å². The molecule has 3 heterocycles.